The first-order valence-corrected chi connectivity index (χ1v) is 8.26. The summed E-state index contributed by atoms with van der Waals surface area (Å²) in [5.41, 5.74) is 0.243. The number of aromatic nitrogens is 4. The maximum Gasteiger partial charge on any atom is 0.253 e. The number of piperidine rings is 1. The standard InChI is InChI=1S/C17H23N5O2/c1-17(2,24)15-12-22(20-19-15)11-13-4-3-9-21(10-13)16(23)14-5-7-18-8-6-14/h5-8,12-13,24H,3-4,9-11H2,1-2H3. The number of amides is 1. The molecule has 3 rings (SSSR count). The van der Waals surface area contributed by atoms with E-state index in [0.717, 1.165) is 19.4 Å². The van der Waals surface area contributed by atoms with Crippen molar-refractivity contribution in [2.75, 3.05) is 13.1 Å². The summed E-state index contributed by atoms with van der Waals surface area (Å²) >= 11 is 0. The molecule has 0 bridgehead atoms. The second-order valence-corrected chi connectivity index (χ2v) is 6.88. The molecule has 2 aromatic heterocycles. The molecule has 0 aliphatic carbocycles. The van der Waals surface area contributed by atoms with Gasteiger partial charge in [0.2, 0.25) is 0 Å². The zero-order valence-electron chi connectivity index (χ0n) is 14.1. The predicted molar refractivity (Wildman–Crippen MR) is 88.1 cm³/mol. The minimum absolute atomic E-state index is 0.0536. The van der Waals surface area contributed by atoms with Crippen LogP contribution in [0.4, 0.5) is 0 Å². The van der Waals surface area contributed by atoms with Crippen molar-refractivity contribution >= 4 is 5.91 Å². The van der Waals surface area contributed by atoms with Crippen LogP contribution in [0.2, 0.25) is 0 Å². The van der Waals surface area contributed by atoms with Crippen molar-refractivity contribution in [3.8, 4) is 0 Å². The van der Waals surface area contributed by atoms with Gasteiger partial charge in [-0.2, -0.15) is 0 Å². The number of carbonyl (C=O) groups is 1. The Labute approximate surface area is 141 Å². The number of hydrogen-bond acceptors (Lipinski definition) is 5. The first kappa shape index (κ1) is 16.6. The molecule has 24 heavy (non-hydrogen) atoms. The van der Waals surface area contributed by atoms with E-state index >= 15 is 0 Å². The molecule has 1 amide bonds. The minimum Gasteiger partial charge on any atom is -0.384 e. The van der Waals surface area contributed by atoms with Gasteiger partial charge in [-0.25, -0.2) is 0 Å². The third-order valence-corrected chi connectivity index (χ3v) is 4.34. The highest BCUT2D eigenvalue weighted by molar-refractivity contribution is 5.94. The molecular weight excluding hydrogens is 306 g/mol. The van der Waals surface area contributed by atoms with Crippen LogP contribution in [0.5, 0.6) is 0 Å². The molecule has 1 atom stereocenters. The fraction of sp³-hybridized carbons (Fsp3) is 0.529. The van der Waals surface area contributed by atoms with Crippen LogP contribution in [0, 0.1) is 5.92 Å². The van der Waals surface area contributed by atoms with Crippen LogP contribution >= 0.6 is 0 Å². The number of nitrogens with zero attached hydrogens (tertiary/aromatic N) is 5. The molecule has 1 aliphatic rings. The maximum atomic E-state index is 12.6. The largest absolute Gasteiger partial charge is 0.384 e. The normalized spacial score (nSPS) is 18.6. The highest BCUT2D eigenvalue weighted by atomic mass is 16.3. The summed E-state index contributed by atoms with van der Waals surface area (Å²) in [6.45, 7) is 5.57. The minimum atomic E-state index is -0.992. The summed E-state index contributed by atoms with van der Waals surface area (Å²) in [5, 5.41) is 18.1. The van der Waals surface area contributed by atoms with Crippen molar-refractivity contribution in [2.24, 2.45) is 5.92 Å². The summed E-state index contributed by atoms with van der Waals surface area (Å²) < 4.78 is 1.76. The van der Waals surface area contributed by atoms with Gasteiger partial charge < -0.3 is 10.0 Å². The fourth-order valence-corrected chi connectivity index (χ4v) is 3.01. The molecule has 2 aromatic rings. The average molecular weight is 329 g/mol. The Morgan fingerprint density at radius 3 is 2.79 bits per heavy atom. The van der Waals surface area contributed by atoms with Crippen LogP contribution in [-0.4, -0.2) is 49.0 Å². The van der Waals surface area contributed by atoms with Gasteiger partial charge in [-0.05, 0) is 44.7 Å². The first-order chi connectivity index (χ1) is 11.4. The van der Waals surface area contributed by atoms with E-state index in [-0.39, 0.29) is 5.91 Å². The van der Waals surface area contributed by atoms with Gasteiger partial charge in [-0.15, -0.1) is 5.10 Å². The summed E-state index contributed by atoms with van der Waals surface area (Å²) in [5.74, 6) is 0.388. The number of carbonyl (C=O) groups excluding carboxylic acids is 1. The van der Waals surface area contributed by atoms with Crippen molar-refractivity contribution in [2.45, 2.75) is 38.8 Å². The van der Waals surface area contributed by atoms with Crippen molar-refractivity contribution in [3.05, 3.63) is 42.0 Å². The molecule has 0 radical (unpaired) electrons. The molecule has 7 heteroatoms. The second kappa shape index (κ2) is 6.68. The molecule has 3 heterocycles. The van der Waals surface area contributed by atoms with Crippen molar-refractivity contribution in [3.63, 3.8) is 0 Å². The Morgan fingerprint density at radius 1 is 1.38 bits per heavy atom. The zero-order valence-corrected chi connectivity index (χ0v) is 14.1. The highest BCUT2D eigenvalue weighted by Gasteiger charge is 2.26. The lowest BCUT2D eigenvalue weighted by molar-refractivity contribution is 0.0659. The van der Waals surface area contributed by atoms with Crippen LogP contribution in [0.15, 0.2) is 30.7 Å². The van der Waals surface area contributed by atoms with E-state index in [2.05, 4.69) is 15.3 Å². The van der Waals surface area contributed by atoms with Crippen molar-refractivity contribution < 1.29 is 9.90 Å². The number of aliphatic hydroxyl groups is 1. The molecule has 1 unspecified atom stereocenters. The smallest absolute Gasteiger partial charge is 0.253 e. The monoisotopic (exact) mass is 329 g/mol. The van der Waals surface area contributed by atoms with Gasteiger partial charge in [0, 0.05) is 37.6 Å². The lowest BCUT2D eigenvalue weighted by atomic mass is 9.97. The maximum absolute atomic E-state index is 12.6. The second-order valence-electron chi connectivity index (χ2n) is 6.88. The summed E-state index contributed by atoms with van der Waals surface area (Å²) in [6, 6.07) is 3.50. The van der Waals surface area contributed by atoms with E-state index in [1.807, 2.05) is 4.90 Å². The summed E-state index contributed by atoms with van der Waals surface area (Å²) in [4.78, 5) is 18.4. The van der Waals surface area contributed by atoms with Gasteiger partial charge >= 0.3 is 0 Å². The van der Waals surface area contributed by atoms with Gasteiger partial charge in [0.15, 0.2) is 0 Å². The first-order valence-electron chi connectivity index (χ1n) is 8.26. The van der Waals surface area contributed by atoms with Gasteiger partial charge in [-0.3, -0.25) is 14.5 Å². The van der Waals surface area contributed by atoms with Gasteiger partial charge in [-0.1, -0.05) is 5.21 Å². The average Bonchev–Trinajstić information content (AvgIpc) is 3.04. The topological polar surface area (TPSA) is 84.1 Å². The van der Waals surface area contributed by atoms with Crippen molar-refractivity contribution in [1.82, 2.24) is 24.9 Å². The Morgan fingerprint density at radius 2 is 2.12 bits per heavy atom. The van der Waals surface area contributed by atoms with E-state index in [4.69, 9.17) is 0 Å². The molecule has 0 aromatic carbocycles. The number of hydrogen-bond donors (Lipinski definition) is 1. The molecule has 1 N–H and O–H groups in total. The molecule has 1 saturated heterocycles. The number of pyridine rings is 1. The molecule has 1 aliphatic heterocycles. The van der Waals surface area contributed by atoms with Crippen LogP contribution in [0.1, 0.15) is 42.7 Å². The number of rotatable bonds is 4. The van der Waals surface area contributed by atoms with E-state index in [0.29, 0.717) is 30.3 Å². The fourth-order valence-electron chi connectivity index (χ4n) is 3.01. The lowest BCUT2D eigenvalue weighted by Gasteiger charge is -2.32. The summed E-state index contributed by atoms with van der Waals surface area (Å²) in [7, 11) is 0. The van der Waals surface area contributed by atoms with E-state index < -0.39 is 5.60 Å². The summed E-state index contributed by atoms with van der Waals surface area (Å²) in [6.07, 6.45) is 7.10. The van der Waals surface area contributed by atoms with E-state index in [1.54, 1.807) is 49.3 Å². The van der Waals surface area contributed by atoms with E-state index in [1.165, 1.54) is 0 Å². The third-order valence-electron chi connectivity index (χ3n) is 4.34. The van der Waals surface area contributed by atoms with Crippen molar-refractivity contribution in [1.29, 1.82) is 0 Å². The Balaban J connectivity index is 1.63. The van der Waals surface area contributed by atoms with E-state index in [9.17, 15) is 9.90 Å². The Kier molecular flexibility index (Phi) is 4.62. The Bertz CT molecular complexity index is 693. The van der Waals surface area contributed by atoms with Gasteiger partial charge in [0.05, 0.1) is 6.20 Å². The van der Waals surface area contributed by atoms with Gasteiger partial charge in [0.1, 0.15) is 11.3 Å². The molecular formula is C17H23N5O2. The molecule has 0 spiro atoms. The van der Waals surface area contributed by atoms with Crippen LogP contribution in [-0.2, 0) is 12.1 Å². The molecule has 128 valence electrons. The van der Waals surface area contributed by atoms with Crippen LogP contribution in [0.3, 0.4) is 0 Å². The lowest BCUT2D eigenvalue weighted by Crippen LogP contribution is -2.41. The van der Waals surface area contributed by atoms with Crippen LogP contribution < -0.4 is 0 Å². The molecule has 1 fully saturated rings. The van der Waals surface area contributed by atoms with Gasteiger partial charge in [0.25, 0.3) is 5.91 Å². The zero-order chi connectivity index (χ0) is 17.2. The molecule has 0 saturated carbocycles. The number of likely N-dealkylation sites (tertiary alicyclic amines) is 1. The van der Waals surface area contributed by atoms with Crippen LogP contribution in [0.25, 0.3) is 0 Å². The molecule has 7 nitrogen and oxygen atoms in total. The predicted octanol–water partition coefficient (Wildman–Crippen LogP) is 1.45. The third kappa shape index (κ3) is 3.79. The SMILES string of the molecule is CC(C)(O)c1cn(CC2CCCN(C(=O)c3ccncc3)C2)nn1. The Hall–Kier alpha value is -2.28. The quantitative estimate of drug-likeness (QED) is 0.918. The highest BCUT2D eigenvalue weighted by Crippen LogP contribution is 2.21.